The van der Waals surface area contributed by atoms with Crippen molar-refractivity contribution in [3.05, 3.63) is 11.1 Å². The number of hydrogen-bond acceptors (Lipinski definition) is 4. The normalized spacial score (nSPS) is 10.1. The van der Waals surface area contributed by atoms with Crippen molar-refractivity contribution in [1.29, 1.82) is 0 Å². The van der Waals surface area contributed by atoms with Gasteiger partial charge < -0.3 is 5.11 Å². The van der Waals surface area contributed by atoms with Crippen molar-refractivity contribution in [3.8, 4) is 0 Å². The van der Waals surface area contributed by atoms with E-state index in [9.17, 15) is 4.79 Å². The van der Waals surface area contributed by atoms with Crippen molar-refractivity contribution in [3.63, 3.8) is 0 Å². The van der Waals surface area contributed by atoms with Crippen LogP contribution in [-0.4, -0.2) is 21.8 Å². The van der Waals surface area contributed by atoms with Gasteiger partial charge in [0.25, 0.3) is 0 Å². The van der Waals surface area contributed by atoms with Crippen LogP contribution in [0, 0.1) is 6.92 Å². The van der Waals surface area contributed by atoms with Gasteiger partial charge in [0.1, 0.15) is 4.34 Å². The summed E-state index contributed by atoms with van der Waals surface area (Å²) in [5.74, 6) is -0.154. The van der Waals surface area contributed by atoms with E-state index in [0.29, 0.717) is 5.75 Å². The number of carboxylic acid groups (broad SMARTS) is 1. The van der Waals surface area contributed by atoms with Crippen LogP contribution in [0.4, 0.5) is 0 Å². The van der Waals surface area contributed by atoms with Crippen LogP contribution in [-0.2, 0) is 4.79 Å². The minimum absolute atomic E-state index is 0.198. The molecule has 0 unspecified atom stereocenters. The molecule has 5 heteroatoms. The van der Waals surface area contributed by atoms with E-state index < -0.39 is 5.97 Å². The fraction of sp³-hybridized carbons (Fsp3) is 0.429. The van der Waals surface area contributed by atoms with Crippen LogP contribution < -0.4 is 0 Å². The highest BCUT2D eigenvalue weighted by molar-refractivity contribution is 8.01. The Balaban J connectivity index is 2.29. The molecule has 0 fully saturated rings. The second kappa shape index (κ2) is 4.47. The van der Waals surface area contributed by atoms with Crippen molar-refractivity contribution in [2.75, 3.05) is 5.75 Å². The summed E-state index contributed by atoms with van der Waals surface area (Å²) in [6.07, 6.45) is 0.198. The highest BCUT2D eigenvalue weighted by Gasteiger charge is 2.01. The molecular weight excluding hydrogens is 194 g/mol. The minimum atomic E-state index is -0.754. The third-order valence-electron chi connectivity index (χ3n) is 1.14. The van der Waals surface area contributed by atoms with E-state index in [1.54, 1.807) is 11.3 Å². The Morgan fingerprint density at radius 3 is 3.08 bits per heavy atom. The maximum atomic E-state index is 10.2. The van der Waals surface area contributed by atoms with Gasteiger partial charge in [-0.1, -0.05) is 11.8 Å². The smallest absolute Gasteiger partial charge is 0.304 e. The SMILES string of the molecule is Cc1csc(SCCC(=O)O)n1. The van der Waals surface area contributed by atoms with E-state index in [1.165, 1.54) is 11.8 Å². The molecule has 12 heavy (non-hydrogen) atoms. The predicted octanol–water partition coefficient (Wildman–Crippen LogP) is 2.02. The summed E-state index contributed by atoms with van der Waals surface area (Å²) >= 11 is 3.06. The quantitative estimate of drug-likeness (QED) is 0.761. The van der Waals surface area contributed by atoms with Crippen molar-refractivity contribution >= 4 is 29.1 Å². The van der Waals surface area contributed by atoms with Crippen molar-refractivity contribution < 1.29 is 9.90 Å². The molecule has 66 valence electrons. The van der Waals surface area contributed by atoms with Gasteiger partial charge in [-0.2, -0.15) is 0 Å². The number of aliphatic carboxylic acids is 1. The fourth-order valence-corrected chi connectivity index (χ4v) is 2.47. The molecule has 0 saturated carbocycles. The number of carboxylic acids is 1. The summed E-state index contributed by atoms with van der Waals surface area (Å²) in [4.78, 5) is 14.4. The standard InChI is InChI=1S/C7H9NO2S2/c1-5-4-12-7(8-5)11-3-2-6(9)10/h4H,2-3H2,1H3,(H,9,10). The topological polar surface area (TPSA) is 50.2 Å². The summed E-state index contributed by atoms with van der Waals surface area (Å²) in [5.41, 5.74) is 0.998. The predicted molar refractivity (Wildman–Crippen MR) is 49.8 cm³/mol. The molecule has 0 aliphatic rings. The molecule has 0 bridgehead atoms. The van der Waals surface area contributed by atoms with Gasteiger partial charge in [-0.25, -0.2) is 4.98 Å². The van der Waals surface area contributed by atoms with Crippen molar-refractivity contribution in [1.82, 2.24) is 4.98 Å². The molecule has 1 heterocycles. The Hall–Kier alpha value is -0.550. The molecule has 3 nitrogen and oxygen atoms in total. The molecular formula is C7H9NO2S2. The molecule has 1 aromatic rings. The van der Waals surface area contributed by atoms with Gasteiger partial charge in [-0.15, -0.1) is 11.3 Å². The van der Waals surface area contributed by atoms with Crippen LogP contribution in [0.3, 0.4) is 0 Å². The van der Waals surface area contributed by atoms with Gasteiger partial charge in [0.2, 0.25) is 0 Å². The highest BCUT2D eigenvalue weighted by Crippen LogP contribution is 2.22. The maximum Gasteiger partial charge on any atom is 0.304 e. The van der Waals surface area contributed by atoms with Crippen LogP contribution in [0.2, 0.25) is 0 Å². The van der Waals surface area contributed by atoms with Gasteiger partial charge in [0, 0.05) is 16.8 Å². The number of hydrogen-bond donors (Lipinski definition) is 1. The zero-order valence-corrected chi connectivity index (χ0v) is 8.24. The number of nitrogens with zero attached hydrogens (tertiary/aromatic N) is 1. The maximum absolute atomic E-state index is 10.2. The zero-order chi connectivity index (χ0) is 8.97. The first-order valence-electron chi connectivity index (χ1n) is 3.45. The van der Waals surface area contributed by atoms with Gasteiger partial charge in [-0.3, -0.25) is 4.79 Å². The molecule has 1 rings (SSSR count). The lowest BCUT2D eigenvalue weighted by molar-refractivity contribution is -0.136. The van der Waals surface area contributed by atoms with E-state index in [-0.39, 0.29) is 6.42 Å². The van der Waals surface area contributed by atoms with E-state index in [4.69, 9.17) is 5.11 Å². The van der Waals surface area contributed by atoms with Gasteiger partial charge in [-0.05, 0) is 6.92 Å². The Morgan fingerprint density at radius 1 is 1.83 bits per heavy atom. The summed E-state index contributed by atoms with van der Waals surface area (Å²) in [7, 11) is 0. The largest absolute Gasteiger partial charge is 0.481 e. The lowest BCUT2D eigenvalue weighted by atomic mass is 10.5. The van der Waals surface area contributed by atoms with E-state index in [0.717, 1.165) is 10.0 Å². The number of rotatable bonds is 4. The van der Waals surface area contributed by atoms with Crippen LogP contribution in [0.25, 0.3) is 0 Å². The molecule has 0 atom stereocenters. The number of thiazole rings is 1. The van der Waals surface area contributed by atoms with Gasteiger partial charge in [0.15, 0.2) is 0 Å². The second-order valence-electron chi connectivity index (χ2n) is 2.25. The van der Waals surface area contributed by atoms with Crippen molar-refractivity contribution in [2.24, 2.45) is 0 Å². The number of aryl methyl sites for hydroxylation is 1. The molecule has 1 aromatic heterocycles. The summed E-state index contributed by atoms with van der Waals surface area (Å²) in [6.45, 7) is 1.93. The summed E-state index contributed by atoms with van der Waals surface area (Å²) in [6, 6.07) is 0. The number of thioether (sulfide) groups is 1. The van der Waals surface area contributed by atoms with Crippen molar-refractivity contribution in [2.45, 2.75) is 17.7 Å². The lowest BCUT2D eigenvalue weighted by Gasteiger charge is -1.91. The molecule has 0 amide bonds. The molecule has 0 aromatic carbocycles. The first-order chi connectivity index (χ1) is 5.68. The fourth-order valence-electron chi connectivity index (χ4n) is 0.624. The molecule has 1 N–H and O–H groups in total. The van der Waals surface area contributed by atoms with E-state index in [1.807, 2.05) is 12.3 Å². The average Bonchev–Trinajstić information content (AvgIpc) is 2.35. The molecule has 0 aliphatic heterocycles. The number of carbonyl (C=O) groups is 1. The van der Waals surface area contributed by atoms with Gasteiger partial charge >= 0.3 is 5.97 Å². The average molecular weight is 203 g/mol. The van der Waals surface area contributed by atoms with E-state index in [2.05, 4.69) is 4.98 Å². The molecule has 0 saturated heterocycles. The molecule has 0 radical (unpaired) electrons. The molecule has 0 aliphatic carbocycles. The van der Waals surface area contributed by atoms with Crippen LogP contribution in [0.15, 0.2) is 9.72 Å². The Labute approximate surface area is 78.8 Å². The molecule has 0 spiro atoms. The third-order valence-corrected chi connectivity index (χ3v) is 3.28. The first kappa shape index (κ1) is 9.54. The summed E-state index contributed by atoms with van der Waals surface area (Å²) in [5, 5.41) is 10.3. The highest BCUT2D eigenvalue weighted by atomic mass is 32.2. The summed E-state index contributed by atoms with van der Waals surface area (Å²) < 4.78 is 0.953. The van der Waals surface area contributed by atoms with Crippen LogP contribution in [0.1, 0.15) is 12.1 Å². The van der Waals surface area contributed by atoms with Crippen LogP contribution >= 0.6 is 23.1 Å². The second-order valence-corrected chi connectivity index (χ2v) is 4.45. The first-order valence-corrected chi connectivity index (χ1v) is 5.32. The Morgan fingerprint density at radius 2 is 2.58 bits per heavy atom. The zero-order valence-electron chi connectivity index (χ0n) is 6.61. The lowest BCUT2D eigenvalue weighted by Crippen LogP contribution is -1.95. The van der Waals surface area contributed by atoms with E-state index >= 15 is 0 Å². The Bertz CT molecular complexity index is 272. The Kier molecular flexibility index (Phi) is 3.55. The monoisotopic (exact) mass is 203 g/mol. The number of aromatic nitrogens is 1. The minimum Gasteiger partial charge on any atom is -0.481 e. The van der Waals surface area contributed by atoms with Crippen LogP contribution in [0.5, 0.6) is 0 Å². The third kappa shape index (κ3) is 3.23. The van der Waals surface area contributed by atoms with Gasteiger partial charge in [0.05, 0.1) is 6.42 Å².